The summed E-state index contributed by atoms with van der Waals surface area (Å²) in [6, 6.07) is 0. The van der Waals surface area contributed by atoms with Gasteiger partial charge in [-0.3, -0.25) is 0 Å². The normalized spacial score (nSPS) is 26.9. The van der Waals surface area contributed by atoms with Crippen molar-refractivity contribution >= 4 is 6.71 Å². The second-order valence-corrected chi connectivity index (χ2v) is 7.92. The van der Waals surface area contributed by atoms with Crippen LogP contribution in [0.4, 0.5) is 0 Å². The first-order valence-electron chi connectivity index (χ1n) is 9.93. The minimum absolute atomic E-state index is 0.376. The minimum atomic E-state index is 0.376. The van der Waals surface area contributed by atoms with Crippen molar-refractivity contribution in [2.45, 2.75) is 114 Å². The van der Waals surface area contributed by atoms with Crippen LogP contribution in [-0.2, 0) is 0 Å². The zero-order chi connectivity index (χ0) is 14.9. The average Bonchev–Trinajstić information content (AvgIpc) is 2.49. The number of aliphatic hydroxyl groups is 1. The summed E-state index contributed by atoms with van der Waals surface area (Å²) in [4.78, 5) is 0. The Balaban J connectivity index is 1.56. The fraction of sp³-hybridized carbons (Fsp3) is 1.00. The van der Waals surface area contributed by atoms with Crippen LogP contribution < -0.4 is 0 Å². The van der Waals surface area contributed by atoms with Crippen molar-refractivity contribution in [3.63, 3.8) is 0 Å². The Morgan fingerprint density at radius 3 is 1.81 bits per heavy atom. The van der Waals surface area contributed by atoms with Gasteiger partial charge >= 0.3 is 0 Å². The molecule has 0 amide bonds. The van der Waals surface area contributed by atoms with E-state index in [1.54, 1.807) is 0 Å². The van der Waals surface area contributed by atoms with Crippen LogP contribution in [0.25, 0.3) is 0 Å². The lowest BCUT2D eigenvalue weighted by molar-refractivity contribution is 0.282. The zero-order valence-electron chi connectivity index (χ0n) is 14.4. The second kappa shape index (κ2) is 9.92. The van der Waals surface area contributed by atoms with E-state index in [-0.39, 0.29) is 0 Å². The quantitative estimate of drug-likeness (QED) is 0.381. The van der Waals surface area contributed by atoms with Crippen LogP contribution >= 0.6 is 0 Å². The van der Waals surface area contributed by atoms with Crippen molar-refractivity contribution in [2.24, 2.45) is 0 Å². The highest BCUT2D eigenvalue weighted by Crippen LogP contribution is 2.51. The molecule has 2 heteroatoms. The van der Waals surface area contributed by atoms with E-state index in [0.717, 1.165) is 30.6 Å². The summed E-state index contributed by atoms with van der Waals surface area (Å²) in [6.45, 7) is 4.01. The van der Waals surface area contributed by atoms with Gasteiger partial charge in [0.2, 0.25) is 0 Å². The Morgan fingerprint density at radius 2 is 1.29 bits per heavy atom. The van der Waals surface area contributed by atoms with Crippen molar-refractivity contribution in [2.75, 3.05) is 6.61 Å². The van der Waals surface area contributed by atoms with Crippen LogP contribution in [0.2, 0.25) is 17.5 Å². The first-order chi connectivity index (χ1) is 10.3. The summed E-state index contributed by atoms with van der Waals surface area (Å²) in [5.41, 5.74) is 0. The molecule has 1 atom stereocenters. The summed E-state index contributed by atoms with van der Waals surface area (Å²) in [5.74, 6) is 3.16. The van der Waals surface area contributed by atoms with E-state index in [4.69, 9.17) is 5.11 Å². The maximum absolute atomic E-state index is 8.76. The smallest absolute Gasteiger partial charge is 0.149 e. The van der Waals surface area contributed by atoms with Gasteiger partial charge in [-0.25, -0.2) is 0 Å². The molecule has 2 aliphatic heterocycles. The Kier molecular flexibility index (Phi) is 8.21. The third kappa shape index (κ3) is 5.62. The molecule has 21 heavy (non-hydrogen) atoms. The number of aliphatic hydroxyl groups excluding tert-OH is 1. The lowest BCUT2D eigenvalue weighted by atomic mass is 9.22. The van der Waals surface area contributed by atoms with Gasteiger partial charge in [0.15, 0.2) is 0 Å². The second-order valence-electron chi connectivity index (χ2n) is 7.92. The standard InChI is InChI=1S/C19H37BO/c1-17(11-7-5-3-2-4-6-8-16-21)20-18-12-9-13-19(20)15-10-14-18/h17-19,21H,2-16H2,1H3. The largest absolute Gasteiger partial charge is 0.396 e. The number of fused-ring (bicyclic) bond motifs is 2. The molecule has 1 N–H and O–H groups in total. The van der Waals surface area contributed by atoms with Crippen molar-refractivity contribution in [3.05, 3.63) is 0 Å². The molecule has 0 spiro atoms. The van der Waals surface area contributed by atoms with E-state index in [0.29, 0.717) is 6.61 Å². The van der Waals surface area contributed by atoms with Gasteiger partial charge in [-0.2, -0.15) is 0 Å². The van der Waals surface area contributed by atoms with Gasteiger partial charge < -0.3 is 5.11 Å². The van der Waals surface area contributed by atoms with Gasteiger partial charge in [-0.1, -0.05) is 108 Å². The zero-order valence-corrected chi connectivity index (χ0v) is 14.4. The van der Waals surface area contributed by atoms with Gasteiger partial charge in [0.05, 0.1) is 0 Å². The average molecular weight is 292 g/mol. The maximum Gasteiger partial charge on any atom is 0.149 e. The molecule has 2 fully saturated rings. The van der Waals surface area contributed by atoms with Crippen LogP contribution in [0, 0.1) is 0 Å². The first kappa shape index (κ1) is 17.4. The maximum atomic E-state index is 8.76. The molecule has 1 nitrogen and oxygen atoms in total. The highest BCUT2D eigenvalue weighted by molar-refractivity contribution is 6.64. The monoisotopic (exact) mass is 292 g/mol. The molecule has 0 aromatic carbocycles. The first-order valence-corrected chi connectivity index (χ1v) is 9.93. The van der Waals surface area contributed by atoms with Gasteiger partial charge in [-0.05, 0) is 6.42 Å². The molecule has 122 valence electrons. The topological polar surface area (TPSA) is 20.2 Å². The van der Waals surface area contributed by atoms with Crippen LogP contribution in [-0.4, -0.2) is 18.4 Å². The van der Waals surface area contributed by atoms with Crippen LogP contribution in [0.3, 0.4) is 0 Å². The van der Waals surface area contributed by atoms with E-state index in [2.05, 4.69) is 6.92 Å². The van der Waals surface area contributed by atoms with Crippen molar-refractivity contribution in [1.82, 2.24) is 0 Å². The van der Waals surface area contributed by atoms with E-state index in [1.165, 1.54) is 83.5 Å². The molecule has 2 aliphatic rings. The fourth-order valence-corrected chi connectivity index (χ4v) is 5.31. The van der Waals surface area contributed by atoms with E-state index < -0.39 is 0 Å². The molecular formula is C19H37BO. The molecule has 2 heterocycles. The Bertz CT molecular complexity index is 246. The summed E-state index contributed by atoms with van der Waals surface area (Å²) in [5, 5.41) is 8.76. The third-order valence-corrected chi connectivity index (χ3v) is 6.36. The lowest BCUT2D eigenvalue weighted by Gasteiger charge is -2.43. The molecular weight excluding hydrogens is 255 g/mol. The van der Waals surface area contributed by atoms with Crippen molar-refractivity contribution < 1.29 is 5.11 Å². The summed E-state index contributed by atoms with van der Waals surface area (Å²) in [6.07, 6.45) is 19.9. The van der Waals surface area contributed by atoms with Gasteiger partial charge in [0.1, 0.15) is 6.71 Å². The molecule has 2 saturated heterocycles. The highest BCUT2D eigenvalue weighted by atomic mass is 16.2. The third-order valence-electron chi connectivity index (χ3n) is 6.36. The summed E-state index contributed by atoms with van der Waals surface area (Å²) < 4.78 is 0. The predicted octanol–water partition coefficient (Wildman–Crippen LogP) is 6.09. The van der Waals surface area contributed by atoms with Crippen LogP contribution in [0.15, 0.2) is 0 Å². The van der Waals surface area contributed by atoms with E-state index >= 15 is 0 Å². The summed E-state index contributed by atoms with van der Waals surface area (Å²) >= 11 is 0. The van der Waals surface area contributed by atoms with E-state index in [1.807, 2.05) is 0 Å². The molecule has 0 aromatic rings. The fourth-order valence-electron chi connectivity index (χ4n) is 5.31. The predicted molar refractivity (Wildman–Crippen MR) is 94.4 cm³/mol. The lowest BCUT2D eigenvalue weighted by Crippen LogP contribution is -2.37. The molecule has 2 bridgehead atoms. The van der Waals surface area contributed by atoms with Gasteiger partial charge in [-0.15, -0.1) is 0 Å². The minimum Gasteiger partial charge on any atom is -0.396 e. The van der Waals surface area contributed by atoms with Crippen molar-refractivity contribution in [3.8, 4) is 0 Å². The van der Waals surface area contributed by atoms with Gasteiger partial charge in [0.25, 0.3) is 0 Å². The SMILES string of the molecule is CC(CCCCCCCCCO)B1C2CCCC1CCC2. The number of hydrogen-bond acceptors (Lipinski definition) is 1. The molecule has 0 aromatic heterocycles. The Morgan fingerprint density at radius 1 is 0.810 bits per heavy atom. The highest BCUT2D eigenvalue weighted by Gasteiger charge is 2.41. The number of rotatable bonds is 10. The Labute approximate surface area is 133 Å². The Hall–Kier alpha value is 0.0249. The number of hydrogen-bond donors (Lipinski definition) is 1. The van der Waals surface area contributed by atoms with Crippen molar-refractivity contribution in [1.29, 1.82) is 0 Å². The number of unbranched alkanes of at least 4 members (excludes halogenated alkanes) is 6. The molecule has 0 radical (unpaired) electrons. The molecule has 0 saturated carbocycles. The molecule has 0 aliphatic carbocycles. The molecule has 1 unspecified atom stereocenters. The van der Waals surface area contributed by atoms with Crippen LogP contribution in [0.1, 0.15) is 96.8 Å². The van der Waals surface area contributed by atoms with Crippen LogP contribution in [0.5, 0.6) is 0 Å². The van der Waals surface area contributed by atoms with Gasteiger partial charge in [0, 0.05) is 6.61 Å². The summed E-state index contributed by atoms with van der Waals surface area (Å²) in [7, 11) is 0. The molecule has 2 rings (SSSR count). The van der Waals surface area contributed by atoms with E-state index in [9.17, 15) is 0 Å².